The first-order valence-corrected chi connectivity index (χ1v) is 3.80. The molecule has 0 heterocycles. The molecule has 3 unspecified atom stereocenters. The maximum atomic E-state index is 12.8. The number of hydrogen-bond acceptors (Lipinski definition) is 3. The van der Waals surface area contributed by atoms with Gasteiger partial charge in [-0.1, -0.05) is 0 Å². The molecule has 0 radical (unpaired) electrons. The fourth-order valence-electron chi connectivity index (χ4n) is 0.939. The van der Waals surface area contributed by atoms with Crippen LogP contribution in [-0.4, -0.2) is 87.7 Å². The molecule has 0 saturated carbocycles. The fraction of sp³-hybridized carbons (Fsp3) is 0.500. The molecule has 3 atom stereocenters. The van der Waals surface area contributed by atoms with Gasteiger partial charge in [-0.2, -0.15) is 0 Å². The number of carboxylic acid groups (broad SMARTS) is 3. The number of hydrogen-bond donors (Lipinski definition) is 3. The van der Waals surface area contributed by atoms with Crippen molar-refractivity contribution >= 4 is 54.2 Å². The Morgan fingerprint density at radius 1 is 0.765 bits per heavy atom. The molecule has 3 N–H and O–H groups in total. The summed E-state index contributed by atoms with van der Waals surface area (Å²) in [4.78, 5) is 30.3. The van der Waals surface area contributed by atoms with Crippen molar-refractivity contribution in [1.82, 2.24) is 0 Å². The predicted molar refractivity (Wildman–Crippen MR) is 50.5 cm³/mol. The van der Waals surface area contributed by atoms with Crippen molar-refractivity contribution in [2.45, 2.75) is 18.2 Å². The number of carboxylic acids is 3. The van der Waals surface area contributed by atoms with E-state index in [4.69, 9.17) is 15.3 Å². The van der Waals surface area contributed by atoms with Crippen molar-refractivity contribution in [3.63, 3.8) is 0 Å². The van der Waals surface area contributed by atoms with Gasteiger partial charge in [-0.3, -0.25) is 0 Å². The zero-order valence-corrected chi connectivity index (χ0v) is 7.51. The monoisotopic (exact) mass is 266 g/mol. The molecule has 0 aromatic rings. The van der Waals surface area contributed by atoms with Crippen LogP contribution in [0.15, 0.2) is 0 Å². The number of halogens is 3. The summed E-state index contributed by atoms with van der Waals surface area (Å²) in [6.07, 6.45) is -9.80. The van der Waals surface area contributed by atoms with Crippen LogP contribution < -0.4 is 0 Å². The van der Waals surface area contributed by atoms with Crippen LogP contribution in [-0.2, 0) is 14.4 Å². The average molecular weight is 266 g/mol. The second-order valence-electron chi connectivity index (χ2n) is 2.80. The van der Waals surface area contributed by atoms with Crippen LogP contribution in [0.1, 0.15) is 0 Å². The number of aliphatic carboxylic acids is 3. The summed E-state index contributed by atoms with van der Waals surface area (Å²) in [6, 6.07) is 0. The third-order valence-corrected chi connectivity index (χ3v) is 1.72. The first-order chi connectivity index (χ1) is 7.20. The van der Waals surface area contributed by atoms with Gasteiger partial charge in [0.05, 0.1) is 0 Å². The standard InChI is InChI=1S/C6H6BF3O6.Na.H/c8-1(4(11)12)7(2(9)5(13)14)3(10)6(15)16;;/h1-3H,(H,11,12)(H,13,14)(H,15,16);;. The molecule has 0 amide bonds. The van der Waals surface area contributed by atoms with Crippen molar-refractivity contribution in [2.75, 3.05) is 0 Å². The normalized spacial score (nSPS) is 15.0. The summed E-state index contributed by atoms with van der Waals surface area (Å²) < 4.78 is 38.4. The Hall–Kier alpha value is -0.735. The molecular formula is C6H7BF3NaO6. The van der Waals surface area contributed by atoms with Gasteiger partial charge in [0.2, 0.25) is 0 Å². The number of rotatable bonds is 6. The molecule has 0 bridgehead atoms. The first kappa shape index (κ1) is 18.6. The molecule has 0 spiro atoms. The Bertz CT molecular complexity index is 269. The van der Waals surface area contributed by atoms with E-state index in [2.05, 4.69) is 0 Å². The van der Waals surface area contributed by atoms with E-state index in [1.165, 1.54) is 0 Å². The van der Waals surface area contributed by atoms with E-state index in [0.717, 1.165) is 0 Å². The van der Waals surface area contributed by atoms with Crippen LogP contribution in [0.2, 0.25) is 0 Å². The molecule has 0 saturated heterocycles. The molecule has 11 heteroatoms. The molecule has 92 valence electrons. The van der Waals surface area contributed by atoms with Gasteiger partial charge >= 0.3 is 54.2 Å². The van der Waals surface area contributed by atoms with Crippen molar-refractivity contribution in [2.24, 2.45) is 0 Å². The van der Waals surface area contributed by atoms with Gasteiger partial charge in [-0.15, -0.1) is 0 Å². The Labute approximate surface area is 115 Å². The third-order valence-electron chi connectivity index (χ3n) is 1.72. The summed E-state index contributed by atoms with van der Waals surface area (Å²) in [6.45, 7) is -2.94. The van der Waals surface area contributed by atoms with Crippen molar-refractivity contribution in [1.29, 1.82) is 0 Å². The number of alkyl halides is 3. The molecule has 6 nitrogen and oxygen atoms in total. The van der Waals surface area contributed by atoms with Gasteiger partial charge in [0.1, 0.15) is 0 Å². The van der Waals surface area contributed by atoms with Crippen LogP contribution in [0, 0.1) is 0 Å². The summed E-state index contributed by atoms with van der Waals surface area (Å²) >= 11 is 0. The summed E-state index contributed by atoms with van der Waals surface area (Å²) in [7, 11) is 0. The molecule has 0 aromatic heterocycles. The Kier molecular flexibility index (Phi) is 8.29. The van der Waals surface area contributed by atoms with Gasteiger partial charge in [-0.05, 0) is 0 Å². The van der Waals surface area contributed by atoms with E-state index < -0.39 is 42.8 Å². The van der Waals surface area contributed by atoms with Crippen LogP contribution in [0.5, 0.6) is 0 Å². The Morgan fingerprint density at radius 3 is 1.06 bits per heavy atom. The van der Waals surface area contributed by atoms with Gasteiger partial charge in [-0.25, -0.2) is 27.6 Å². The van der Waals surface area contributed by atoms with Crippen LogP contribution in [0.4, 0.5) is 13.2 Å². The fourth-order valence-corrected chi connectivity index (χ4v) is 0.939. The minimum absolute atomic E-state index is 0. The molecule has 0 rings (SSSR count). The van der Waals surface area contributed by atoms with Gasteiger partial charge in [0, 0.05) is 0 Å². The first-order valence-electron chi connectivity index (χ1n) is 3.80. The average Bonchev–Trinajstić information content (AvgIpc) is 2.16. The zero-order chi connectivity index (χ0) is 13.0. The zero-order valence-electron chi connectivity index (χ0n) is 7.51. The summed E-state index contributed by atoms with van der Waals surface area (Å²) in [5.41, 5.74) is 0. The SMILES string of the molecule is O=C(O)C(F)B(C(F)C(=O)O)C(F)C(=O)O.[NaH]. The molecule has 0 aliphatic carbocycles. The topological polar surface area (TPSA) is 112 Å². The summed E-state index contributed by atoms with van der Waals surface area (Å²) in [5, 5.41) is 24.4. The predicted octanol–water partition coefficient (Wildman–Crippen LogP) is -1.28. The second kappa shape index (κ2) is 7.56. The van der Waals surface area contributed by atoms with E-state index >= 15 is 0 Å². The molecule has 0 fully saturated rings. The van der Waals surface area contributed by atoms with Gasteiger partial charge < -0.3 is 15.3 Å². The van der Waals surface area contributed by atoms with E-state index in [9.17, 15) is 27.6 Å². The van der Waals surface area contributed by atoms with Gasteiger partial charge in [0.25, 0.3) is 0 Å². The third kappa shape index (κ3) is 4.96. The van der Waals surface area contributed by atoms with Gasteiger partial charge in [0.15, 0.2) is 18.2 Å². The van der Waals surface area contributed by atoms with Crippen molar-refractivity contribution < 1.29 is 42.9 Å². The Morgan fingerprint density at radius 2 is 0.941 bits per heavy atom. The van der Waals surface area contributed by atoms with Crippen molar-refractivity contribution in [3.8, 4) is 0 Å². The molecular weight excluding hydrogens is 259 g/mol. The quantitative estimate of drug-likeness (QED) is 0.516. The Balaban J connectivity index is 0. The second-order valence-corrected chi connectivity index (χ2v) is 2.80. The van der Waals surface area contributed by atoms with E-state index in [-0.39, 0.29) is 29.6 Å². The molecule has 0 aliphatic rings. The van der Waals surface area contributed by atoms with Crippen LogP contribution >= 0.6 is 0 Å². The number of carbonyl (C=O) groups is 3. The van der Waals surface area contributed by atoms with E-state index in [0.29, 0.717) is 0 Å². The minimum atomic E-state index is -3.27. The molecule has 0 aromatic carbocycles. The summed E-state index contributed by atoms with van der Waals surface area (Å²) in [5.74, 6) is -7.01. The molecule has 0 aliphatic heterocycles. The van der Waals surface area contributed by atoms with E-state index in [1.807, 2.05) is 0 Å². The van der Waals surface area contributed by atoms with Crippen LogP contribution in [0.25, 0.3) is 0 Å². The van der Waals surface area contributed by atoms with Crippen molar-refractivity contribution in [3.05, 3.63) is 0 Å². The van der Waals surface area contributed by atoms with Crippen LogP contribution in [0.3, 0.4) is 0 Å². The molecule has 17 heavy (non-hydrogen) atoms. The van der Waals surface area contributed by atoms with E-state index in [1.54, 1.807) is 0 Å². The maximum absolute atomic E-state index is 12.8.